The van der Waals surface area contributed by atoms with Crippen molar-refractivity contribution in [1.29, 1.82) is 0 Å². The van der Waals surface area contributed by atoms with Gasteiger partial charge in [0.2, 0.25) is 0 Å². The van der Waals surface area contributed by atoms with Crippen LogP contribution in [0.5, 0.6) is 0 Å². The largest absolute Gasteiger partial charge is 0.458 e. The molecule has 0 unspecified atom stereocenters. The summed E-state index contributed by atoms with van der Waals surface area (Å²) in [5, 5.41) is 6.39. The molecule has 0 aromatic carbocycles. The second kappa shape index (κ2) is 7.19. The van der Waals surface area contributed by atoms with E-state index in [2.05, 4.69) is 15.1 Å². The number of carbonyl (C=O) groups is 1. The van der Waals surface area contributed by atoms with E-state index in [0.29, 0.717) is 16.6 Å². The monoisotopic (exact) mass is 333 g/mol. The van der Waals surface area contributed by atoms with Crippen LogP contribution in [0, 0.1) is 0 Å². The number of rotatable bonds is 6. The zero-order chi connectivity index (χ0) is 15.2. The average molecular weight is 333 g/mol. The summed E-state index contributed by atoms with van der Waals surface area (Å²) in [5.74, 6) is 0.478. The van der Waals surface area contributed by atoms with E-state index in [0.717, 1.165) is 4.88 Å². The number of thioether (sulfide) groups is 1. The molecule has 6 nitrogen and oxygen atoms in total. The molecule has 0 spiro atoms. The SMILES string of the molecule is O=C(CSc1ncccn1)OCc1cc(-c2cccs2)on1. The minimum atomic E-state index is -0.349. The molecule has 112 valence electrons. The Morgan fingerprint density at radius 3 is 2.95 bits per heavy atom. The summed E-state index contributed by atoms with van der Waals surface area (Å²) in [6, 6.07) is 7.37. The molecule has 0 saturated heterocycles. The zero-order valence-electron chi connectivity index (χ0n) is 11.3. The van der Waals surface area contributed by atoms with Crippen LogP contribution in [-0.2, 0) is 16.1 Å². The molecule has 0 N–H and O–H groups in total. The number of hydrogen-bond acceptors (Lipinski definition) is 8. The number of hydrogen-bond donors (Lipinski definition) is 0. The van der Waals surface area contributed by atoms with Crippen LogP contribution in [0.1, 0.15) is 5.69 Å². The highest BCUT2D eigenvalue weighted by Gasteiger charge is 2.10. The van der Waals surface area contributed by atoms with Crippen LogP contribution in [0.15, 0.2) is 51.7 Å². The van der Waals surface area contributed by atoms with Gasteiger partial charge in [0.25, 0.3) is 0 Å². The fraction of sp³-hybridized carbons (Fsp3) is 0.143. The number of carbonyl (C=O) groups excluding carboxylic acids is 1. The molecule has 3 rings (SSSR count). The summed E-state index contributed by atoms with van der Waals surface area (Å²) in [6.07, 6.45) is 3.25. The van der Waals surface area contributed by atoms with Crippen LogP contribution in [0.4, 0.5) is 0 Å². The molecule has 0 aliphatic rings. The Morgan fingerprint density at radius 2 is 2.18 bits per heavy atom. The highest BCUT2D eigenvalue weighted by Crippen LogP contribution is 2.25. The minimum absolute atomic E-state index is 0.0872. The average Bonchev–Trinajstić information content (AvgIpc) is 3.22. The predicted molar refractivity (Wildman–Crippen MR) is 82.4 cm³/mol. The molecule has 0 atom stereocenters. The van der Waals surface area contributed by atoms with Gasteiger partial charge in [0.1, 0.15) is 12.3 Å². The first-order valence-electron chi connectivity index (χ1n) is 6.36. The van der Waals surface area contributed by atoms with Crippen molar-refractivity contribution in [2.45, 2.75) is 11.8 Å². The maximum atomic E-state index is 11.7. The van der Waals surface area contributed by atoms with Gasteiger partial charge in [-0.25, -0.2) is 9.97 Å². The van der Waals surface area contributed by atoms with Crippen molar-refractivity contribution in [3.63, 3.8) is 0 Å². The molecule has 0 saturated carbocycles. The number of ether oxygens (including phenoxy) is 1. The Bertz CT molecular complexity index is 729. The van der Waals surface area contributed by atoms with E-state index in [1.807, 2.05) is 17.5 Å². The Hall–Kier alpha value is -2.19. The molecule has 8 heteroatoms. The first kappa shape index (κ1) is 14.7. The van der Waals surface area contributed by atoms with Crippen LogP contribution < -0.4 is 0 Å². The van der Waals surface area contributed by atoms with E-state index in [4.69, 9.17) is 9.26 Å². The lowest BCUT2D eigenvalue weighted by molar-refractivity contribution is -0.141. The summed E-state index contributed by atoms with van der Waals surface area (Å²) in [5.41, 5.74) is 0.581. The highest BCUT2D eigenvalue weighted by atomic mass is 32.2. The van der Waals surface area contributed by atoms with E-state index in [9.17, 15) is 4.79 Å². The van der Waals surface area contributed by atoms with Crippen LogP contribution in [0.3, 0.4) is 0 Å². The van der Waals surface area contributed by atoms with Gasteiger partial charge in [0.15, 0.2) is 10.9 Å². The van der Waals surface area contributed by atoms with E-state index in [1.165, 1.54) is 11.8 Å². The van der Waals surface area contributed by atoms with E-state index in [-0.39, 0.29) is 18.3 Å². The number of esters is 1. The first-order valence-corrected chi connectivity index (χ1v) is 8.23. The van der Waals surface area contributed by atoms with Crippen molar-refractivity contribution in [2.75, 3.05) is 5.75 Å². The quantitative estimate of drug-likeness (QED) is 0.390. The van der Waals surface area contributed by atoms with Gasteiger partial charge in [-0.1, -0.05) is 23.0 Å². The van der Waals surface area contributed by atoms with Crippen LogP contribution in [0.2, 0.25) is 0 Å². The third kappa shape index (κ3) is 3.92. The highest BCUT2D eigenvalue weighted by molar-refractivity contribution is 7.99. The second-order valence-corrected chi connectivity index (χ2v) is 6.03. The normalized spacial score (nSPS) is 10.5. The molecule has 3 aromatic heterocycles. The lowest BCUT2D eigenvalue weighted by Gasteiger charge is -2.01. The smallest absolute Gasteiger partial charge is 0.316 e. The first-order chi connectivity index (χ1) is 10.8. The van der Waals surface area contributed by atoms with E-state index in [1.54, 1.807) is 35.9 Å². The van der Waals surface area contributed by atoms with Crippen molar-refractivity contribution in [3.05, 3.63) is 47.7 Å². The van der Waals surface area contributed by atoms with Gasteiger partial charge >= 0.3 is 5.97 Å². The van der Waals surface area contributed by atoms with Gasteiger partial charge in [-0.2, -0.15) is 0 Å². The summed E-state index contributed by atoms with van der Waals surface area (Å²) >= 11 is 2.79. The Balaban J connectivity index is 1.47. The van der Waals surface area contributed by atoms with Gasteiger partial charge in [-0.3, -0.25) is 4.79 Å². The van der Waals surface area contributed by atoms with Crippen molar-refractivity contribution in [2.24, 2.45) is 0 Å². The van der Waals surface area contributed by atoms with Crippen LogP contribution in [-0.4, -0.2) is 26.8 Å². The standard InChI is InChI=1S/C14H11N3O3S2/c18-13(9-22-14-15-4-2-5-16-14)19-8-10-7-11(20-17-10)12-3-1-6-21-12/h1-7H,8-9H2. The number of thiophene rings is 1. The van der Waals surface area contributed by atoms with E-state index >= 15 is 0 Å². The van der Waals surface area contributed by atoms with Crippen molar-refractivity contribution >= 4 is 29.1 Å². The predicted octanol–water partition coefficient (Wildman–Crippen LogP) is 3.03. The molecule has 0 fully saturated rings. The van der Waals surface area contributed by atoms with Gasteiger partial charge in [-0.15, -0.1) is 11.3 Å². The molecule has 0 bridgehead atoms. The summed E-state index contributed by atoms with van der Waals surface area (Å²) in [6.45, 7) is 0.0872. The van der Waals surface area contributed by atoms with E-state index < -0.39 is 0 Å². The number of aromatic nitrogens is 3. The molecule has 3 heterocycles. The molecule has 22 heavy (non-hydrogen) atoms. The topological polar surface area (TPSA) is 78.1 Å². The third-order valence-electron chi connectivity index (χ3n) is 2.57. The maximum absolute atomic E-state index is 11.7. The third-order valence-corrected chi connectivity index (χ3v) is 4.30. The van der Waals surface area contributed by atoms with Crippen molar-refractivity contribution in [3.8, 4) is 10.6 Å². The molecule has 0 radical (unpaired) electrons. The maximum Gasteiger partial charge on any atom is 0.316 e. The molecule has 3 aromatic rings. The van der Waals surface area contributed by atoms with Gasteiger partial charge in [0, 0.05) is 18.5 Å². The van der Waals surface area contributed by atoms with Crippen molar-refractivity contribution in [1.82, 2.24) is 15.1 Å². The second-order valence-electron chi connectivity index (χ2n) is 4.14. The van der Waals surface area contributed by atoms with Crippen LogP contribution >= 0.6 is 23.1 Å². The number of nitrogens with zero attached hydrogens (tertiary/aromatic N) is 3. The Kier molecular flexibility index (Phi) is 4.81. The summed E-state index contributed by atoms with van der Waals surface area (Å²) in [7, 11) is 0. The van der Waals surface area contributed by atoms with Crippen LogP contribution in [0.25, 0.3) is 10.6 Å². The molecular weight excluding hydrogens is 322 g/mol. The van der Waals surface area contributed by atoms with Gasteiger partial charge in [-0.05, 0) is 17.5 Å². The lowest BCUT2D eigenvalue weighted by Crippen LogP contribution is -2.07. The fourth-order valence-electron chi connectivity index (χ4n) is 1.59. The van der Waals surface area contributed by atoms with Gasteiger partial charge in [0.05, 0.1) is 10.6 Å². The van der Waals surface area contributed by atoms with Gasteiger partial charge < -0.3 is 9.26 Å². The molecule has 0 amide bonds. The summed E-state index contributed by atoms with van der Waals surface area (Å²) in [4.78, 5) is 20.7. The summed E-state index contributed by atoms with van der Waals surface area (Å²) < 4.78 is 10.4. The molecule has 0 aliphatic heterocycles. The molecular formula is C14H11N3O3S2. The zero-order valence-corrected chi connectivity index (χ0v) is 13.0. The minimum Gasteiger partial charge on any atom is -0.458 e. The lowest BCUT2D eigenvalue weighted by atomic mass is 10.3. The Labute approximate surface area is 134 Å². The van der Waals surface area contributed by atoms with Crippen molar-refractivity contribution < 1.29 is 14.1 Å². The molecule has 0 aliphatic carbocycles. The Morgan fingerprint density at radius 1 is 1.32 bits per heavy atom. The fourth-order valence-corrected chi connectivity index (χ4v) is 2.87.